The molecule has 100 valence electrons. The molecule has 1 aromatic carbocycles. The van der Waals surface area contributed by atoms with E-state index in [9.17, 15) is 14.5 Å². The van der Waals surface area contributed by atoms with Gasteiger partial charge in [0.2, 0.25) is 5.82 Å². The first kappa shape index (κ1) is 14.3. The van der Waals surface area contributed by atoms with Crippen LogP contribution in [0.25, 0.3) is 0 Å². The molecule has 0 spiro atoms. The molecule has 0 aromatic heterocycles. The Kier molecular flexibility index (Phi) is 4.99. The molecule has 1 atom stereocenters. The zero-order valence-corrected chi connectivity index (χ0v) is 10.3. The molecule has 0 aliphatic heterocycles. The number of halogens is 1. The predicted octanol–water partition coefficient (Wildman–Crippen LogP) is 2.15. The van der Waals surface area contributed by atoms with Crippen molar-refractivity contribution in [2.45, 2.75) is 19.3 Å². The number of ether oxygens (including phenoxy) is 2. The van der Waals surface area contributed by atoms with Gasteiger partial charge in [-0.05, 0) is 19.1 Å². The number of rotatable bonds is 6. The number of nitrogens with one attached hydrogen (secondary N) is 1. The number of hydrogen-bond acceptors (Lipinski definition) is 5. The maximum Gasteiger partial charge on any atom is 0.306 e. The molecule has 1 rings (SSSR count). The summed E-state index contributed by atoms with van der Waals surface area (Å²) < 4.78 is 23.2. The number of anilines is 1. The molecule has 0 aliphatic rings. The highest BCUT2D eigenvalue weighted by Gasteiger charge is 2.18. The Labute approximate surface area is 104 Å². The van der Waals surface area contributed by atoms with Crippen LogP contribution >= 0.6 is 0 Å². The maximum atomic E-state index is 13.1. The second kappa shape index (κ2) is 6.27. The van der Waals surface area contributed by atoms with E-state index < -0.39 is 22.7 Å². The monoisotopic (exact) mass is 258 g/mol. The van der Waals surface area contributed by atoms with E-state index in [1.54, 1.807) is 6.92 Å². The molecular weight excluding hydrogens is 243 g/mol. The van der Waals surface area contributed by atoms with E-state index in [2.05, 4.69) is 5.32 Å². The lowest BCUT2D eigenvalue weighted by atomic mass is 10.2. The average molecular weight is 258 g/mol. The van der Waals surface area contributed by atoms with E-state index in [0.29, 0.717) is 5.69 Å². The van der Waals surface area contributed by atoms with Crippen LogP contribution in [0.5, 0.6) is 0 Å². The molecule has 6 nitrogen and oxygen atoms in total. The summed E-state index contributed by atoms with van der Waals surface area (Å²) in [6.45, 7) is 1.78. The van der Waals surface area contributed by atoms with Crippen LogP contribution < -0.4 is 5.32 Å². The third kappa shape index (κ3) is 3.38. The number of nitro benzene ring substituents is 1. The molecule has 0 saturated heterocycles. The fourth-order valence-corrected chi connectivity index (χ4v) is 1.58. The number of hydrogen-bond donors (Lipinski definition) is 1. The highest BCUT2D eigenvalue weighted by molar-refractivity contribution is 5.52. The Morgan fingerprint density at radius 2 is 2.00 bits per heavy atom. The first-order valence-electron chi connectivity index (χ1n) is 5.25. The number of nitrogens with zero attached hydrogens (tertiary/aromatic N) is 1. The normalized spacial score (nSPS) is 12.5. The van der Waals surface area contributed by atoms with Gasteiger partial charge in [0.1, 0.15) is 0 Å². The molecule has 0 fully saturated rings. The number of methoxy groups -OCH3 is 2. The SMILES string of the molecule is COC(OC)C(C)Nc1ccc(F)c([N+](=O)[O-])c1. The van der Waals surface area contributed by atoms with E-state index in [0.717, 1.165) is 12.1 Å². The van der Waals surface area contributed by atoms with Gasteiger partial charge in [0.25, 0.3) is 0 Å². The molecule has 1 unspecified atom stereocenters. The summed E-state index contributed by atoms with van der Waals surface area (Å²) in [6.07, 6.45) is -0.505. The van der Waals surface area contributed by atoms with E-state index >= 15 is 0 Å². The number of nitro groups is 1. The maximum absolute atomic E-state index is 13.1. The summed E-state index contributed by atoms with van der Waals surface area (Å²) >= 11 is 0. The molecule has 7 heteroatoms. The molecule has 0 amide bonds. The lowest BCUT2D eigenvalue weighted by molar-refractivity contribution is -0.387. The van der Waals surface area contributed by atoms with Crippen molar-refractivity contribution >= 4 is 11.4 Å². The molecule has 1 aromatic rings. The third-order valence-electron chi connectivity index (χ3n) is 2.41. The summed E-state index contributed by atoms with van der Waals surface area (Å²) in [6, 6.07) is 3.35. The molecule has 18 heavy (non-hydrogen) atoms. The van der Waals surface area contributed by atoms with Gasteiger partial charge in [-0.1, -0.05) is 0 Å². The largest absolute Gasteiger partial charge is 0.377 e. The van der Waals surface area contributed by atoms with E-state index in [1.165, 1.54) is 20.3 Å². The highest BCUT2D eigenvalue weighted by Crippen LogP contribution is 2.22. The van der Waals surface area contributed by atoms with Gasteiger partial charge in [0.15, 0.2) is 6.29 Å². The second-order valence-electron chi connectivity index (χ2n) is 3.70. The molecule has 0 bridgehead atoms. The van der Waals surface area contributed by atoms with Gasteiger partial charge in [-0.25, -0.2) is 0 Å². The predicted molar refractivity (Wildman–Crippen MR) is 63.9 cm³/mol. The van der Waals surface area contributed by atoms with Gasteiger partial charge >= 0.3 is 5.69 Å². The van der Waals surface area contributed by atoms with Crippen LogP contribution in [0, 0.1) is 15.9 Å². The van der Waals surface area contributed by atoms with Crippen LogP contribution in [0.4, 0.5) is 15.8 Å². The minimum atomic E-state index is -0.867. The van der Waals surface area contributed by atoms with Gasteiger partial charge in [0.05, 0.1) is 11.0 Å². The highest BCUT2D eigenvalue weighted by atomic mass is 19.1. The first-order valence-corrected chi connectivity index (χ1v) is 5.25. The minimum Gasteiger partial charge on any atom is -0.377 e. The van der Waals surface area contributed by atoms with Crippen LogP contribution in [-0.2, 0) is 9.47 Å². The lowest BCUT2D eigenvalue weighted by Gasteiger charge is -2.22. The van der Waals surface area contributed by atoms with Crippen molar-refractivity contribution < 1.29 is 18.8 Å². The Bertz CT molecular complexity index is 424. The van der Waals surface area contributed by atoms with Crippen LogP contribution in [0.3, 0.4) is 0 Å². The lowest BCUT2D eigenvalue weighted by Crippen LogP contribution is -2.33. The van der Waals surface area contributed by atoms with Crippen molar-refractivity contribution in [1.29, 1.82) is 0 Å². The smallest absolute Gasteiger partial charge is 0.306 e. The summed E-state index contributed by atoms with van der Waals surface area (Å²) in [4.78, 5) is 9.83. The van der Waals surface area contributed by atoms with Crippen LogP contribution in [0.1, 0.15) is 6.92 Å². The van der Waals surface area contributed by atoms with Crippen molar-refractivity contribution in [3.8, 4) is 0 Å². The fourth-order valence-electron chi connectivity index (χ4n) is 1.58. The topological polar surface area (TPSA) is 73.6 Å². The Hall–Kier alpha value is -1.73. The van der Waals surface area contributed by atoms with Crippen LogP contribution in [-0.4, -0.2) is 31.5 Å². The first-order chi connectivity index (χ1) is 8.49. The van der Waals surface area contributed by atoms with Crippen LogP contribution in [0.2, 0.25) is 0 Å². The standard InChI is InChI=1S/C11H15FN2O4/c1-7(11(17-2)18-3)13-8-4-5-9(12)10(6-8)14(15)16/h4-7,11,13H,1-3H3. The fraction of sp³-hybridized carbons (Fsp3) is 0.455. The Balaban J connectivity index is 2.85. The molecule has 0 aliphatic carbocycles. The Morgan fingerprint density at radius 3 is 2.50 bits per heavy atom. The quantitative estimate of drug-likeness (QED) is 0.481. The van der Waals surface area contributed by atoms with Gasteiger partial charge < -0.3 is 14.8 Å². The molecule has 0 radical (unpaired) electrons. The number of benzene rings is 1. The van der Waals surface area contributed by atoms with E-state index in [1.807, 2.05) is 0 Å². The van der Waals surface area contributed by atoms with Gasteiger partial charge in [0, 0.05) is 26.0 Å². The van der Waals surface area contributed by atoms with Gasteiger partial charge in [-0.15, -0.1) is 0 Å². The summed E-state index contributed by atoms with van der Waals surface area (Å²) in [5, 5.41) is 13.5. The van der Waals surface area contributed by atoms with E-state index in [-0.39, 0.29) is 6.04 Å². The van der Waals surface area contributed by atoms with E-state index in [4.69, 9.17) is 9.47 Å². The van der Waals surface area contributed by atoms with Crippen molar-refractivity contribution in [2.75, 3.05) is 19.5 Å². The van der Waals surface area contributed by atoms with Crippen molar-refractivity contribution in [3.05, 3.63) is 34.1 Å². The van der Waals surface area contributed by atoms with Gasteiger partial charge in [-0.2, -0.15) is 4.39 Å². The summed E-state index contributed by atoms with van der Waals surface area (Å²) in [5.74, 6) is -0.867. The van der Waals surface area contributed by atoms with Crippen LogP contribution in [0.15, 0.2) is 18.2 Å². The average Bonchev–Trinajstić information content (AvgIpc) is 2.32. The van der Waals surface area contributed by atoms with Crippen molar-refractivity contribution in [3.63, 3.8) is 0 Å². The molecular formula is C11H15FN2O4. The van der Waals surface area contributed by atoms with Crippen molar-refractivity contribution in [1.82, 2.24) is 0 Å². The third-order valence-corrected chi connectivity index (χ3v) is 2.41. The van der Waals surface area contributed by atoms with Crippen molar-refractivity contribution in [2.24, 2.45) is 0 Å². The molecule has 0 heterocycles. The molecule has 1 N–H and O–H groups in total. The minimum absolute atomic E-state index is 0.245. The summed E-state index contributed by atoms with van der Waals surface area (Å²) in [7, 11) is 2.97. The second-order valence-corrected chi connectivity index (χ2v) is 3.70. The van der Waals surface area contributed by atoms with Gasteiger partial charge in [-0.3, -0.25) is 10.1 Å². The summed E-state index contributed by atoms with van der Waals surface area (Å²) in [5.41, 5.74) is -0.145. The zero-order chi connectivity index (χ0) is 13.7. The molecule has 0 saturated carbocycles. The Morgan fingerprint density at radius 1 is 1.39 bits per heavy atom. The zero-order valence-electron chi connectivity index (χ0n) is 10.3.